The number of amides is 3. The zero-order valence-electron chi connectivity index (χ0n) is 25.3. The molecule has 3 amide bonds. The molecule has 0 aromatic carbocycles. The van der Waals surface area contributed by atoms with Gasteiger partial charge in [0.1, 0.15) is 11.3 Å². The summed E-state index contributed by atoms with van der Waals surface area (Å²) >= 11 is 0. The Balaban J connectivity index is 1.44. The van der Waals surface area contributed by atoms with Crippen LogP contribution in [0, 0.1) is 0 Å². The van der Waals surface area contributed by atoms with Crippen LogP contribution in [0.15, 0.2) is 36.7 Å². The van der Waals surface area contributed by atoms with Crippen LogP contribution in [0.3, 0.4) is 0 Å². The summed E-state index contributed by atoms with van der Waals surface area (Å²) in [5, 5.41) is 9.20. The predicted octanol–water partition coefficient (Wildman–Crippen LogP) is 2.51. The van der Waals surface area contributed by atoms with Crippen LogP contribution in [-0.2, 0) is 31.8 Å². The van der Waals surface area contributed by atoms with Gasteiger partial charge in [-0.1, -0.05) is 6.08 Å². The quantitative estimate of drug-likeness (QED) is 0.351. The highest BCUT2D eigenvalue weighted by Gasteiger charge is 2.36. The molecular weight excluding hydrogens is 611 g/mol. The fraction of sp³-hybridized carbons (Fsp3) is 0.448. The first-order chi connectivity index (χ1) is 22.0. The molecule has 2 saturated heterocycles. The molecule has 2 aliphatic rings. The Kier molecular flexibility index (Phi) is 10.0. The normalized spacial score (nSPS) is 16.2. The number of carbonyl (C=O) groups excluding carboxylic acids is 3. The molecule has 0 aliphatic carbocycles. The van der Waals surface area contributed by atoms with Crippen LogP contribution in [0.5, 0.6) is 0 Å². The maximum atomic E-state index is 14.3. The molecule has 0 saturated carbocycles. The first-order valence-corrected chi connectivity index (χ1v) is 14.6. The monoisotopic (exact) mass is 645 g/mol. The summed E-state index contributed by atoms with van der Waals surface area (Å²) in [5.41, 5.74) is -0.0129. The summed E-state index contributed by atoms with van der Waals surface area (Å²) in [7, 11) is 1.09. The molecule has 0 unspecified atom stereocenters. The highest BCUT2D eigenvalue weighted by atomic mass is 19.4. The van der Waals surface area contributed by atoms with Gasteiger partial charge in [-0.05, 0) is 37.1 Å². The highest BCUT2D eigenvalue weighted by molar-refractivity contribution is 5.91. The Morgan fingerprint density at radius 1 is 1.13 bits per heavy atom. The number of alkyl halides is 3. The fourth-order valence-corrected chi connectivity index (χ4v) is 5.28. The molecular formula is C29H34F3N9O5. The van der Waals surface area contributed by atoms with Gasteiger partial charge < -0.3 is 24.6 Å². The van der Waals surface area contributed by atoms with Crippen LogP contribution in [0.1, 0.15) is 24.5 Å². The number of aromatic nitrogens is 4. The number of morpholine rings is 1. The van der Waals surface area contributed by atoms with Gasteiger partial charge in [0.05, 0.1) is 44.7 Å². The van der Waals surface area contributed by atoms with Crippen molar-refractivity contribution in [2.45, 2.75) is 26.1 Å². The van der Waals surface area contributed by atoms with Crippen molar-refractivity contribution in [3.63, 3.8) is 0 Å². The summed E-state index contributed by atoms with van der Waals surface area (Å²) in [6, 6.07) is 2.60. The molecule has 0 atom stereocenters. The number of allylic oxidation sites excluding steroid dienone is 1. The molecule has 2 fully saturated rings. The standard InChI is InChI=1S/C29H34F3N9O5/c1-3-5-24(42)34-15-25(43)40-7-4-6-38(18-40)16-19-12-22-27(39-8-10-46-11-9-39)36-26(37-41(22)17-19)20-14-33-23(35-28(44)45-2)13-21(20)29(30,31)32/h3,5,12-14,17H,4,6-11,15-16,18H2,1-2H3,(H,34,42)(H,33,35,44)/b5-3+. The molecule has 14 nitrogen and oxygen atoms in total. The van der Waals surface area contributed by atoms with E-state index in [0.717, 1.165) is 31.8 Å². The molecule has 3 aromatic heterocycles. The Bertz CT molecular complexity index is 1620. The number of nitrogens with one attached hydrogen (secondary N) is 2. The zero-order valence-corrected chi connectivity index (χ0v) is 25.3. The van der Waals surface area contributed by atoms with Gasteiger partial charge >= 0.3 is 12.3 Å². The van der Waals surface area contributed by atoms with Crippen molar-refractivity contribution in [2.75, 3.05) is 69.9 Å². The number of anilines is 2. The average molecular weight is 646 g/mol. The van der Waals surface area contributed by atoms with Crippen LogP contribution >= 0.6 is 0 Å². The second-order valence-electron chi connectivity index (χ2n) is 10.7. The Morgan fingerprint density at radius 3 is 2.63 bits per heavy atom. The fourth-order valence-electron chi connectivity index (χ4n) is 5.28. The van der Waals surface area contributed by atoms with E-state index in [1.165, 1.54) is 10.6 Å². The predicted molar refractivity (Wildman–Crippen MR) is 160 cm³/mol. The van der Waals surface area contributed by atoms with Gasteiger partial charge in [0, 0.05) is 45.1 Å². The number of nitrogens with zero attached hydrogens (tertiary/aromatic N) is 7. The minimum Gasteiger partial charge on any atom is -0.453 e. The number of pyridine rings is 1. The third-order valence-electron chi connectivity index (χ3n) is 7.44. The zero-order chi connectivity index (χ0) is 32.8. The topological polar surface area (TPSA) is 147 Å². The molecule has 0 radical (unpaired) electrons. The maximum Gasteiger partial charge on any atom is 0.417 e. The van der Waals surface area contributed by atoms with E-state index >= 15 is 0 Å². The largest absolute Gasteiger partial charge is 0.453 e. The first-order valence-electron chi connectivity index (χ1n) is 14.6. The minimum atomic E-state index is -4.81. The van der Waals surface area contributed by atoms with Crippen molar-refractivity contribution in [1.82, 2.24) is 34.7 Å². The Labute approximate surface area is 262 Å². The van der Waals surface area contributed by atoms with Crippen LogP contribution in [0.2, 0.25) is 0 Å². The highest BCUT2D eigenvalue weighted by Crippen LogP contribution is 2.38. The Morgan fingerprint density at radius 2 is 1.91 bits per heavy atom. The van der Waals surface area contributed by atoms with Crippen molar-refractivity contribution in [3.05, 3.63) is 47.8 Å². The van der Waals surface area contributed by atoms with Crippen LogP contribution in [0.25, 0.3) is 16.9 Å². The first kappa shape index (κ1) is 32.6. The van der Waals surface area contributed by atoms with E-state index in [9.17, 15) is 27.6 Å². The molecule has 3 aromatic rings. The lowest BCUT2D eigenvalue weighted by Gasteiger charge is -2.35. The van der Waals surface area contributed by atoms with Crippen molar-refractivity contribution in [3.8, 4) is 11.4 Å². The number of methoxy groups -OCH3 is 1. The minimum absolute atomic E-state index is 0.108. The van der Waals surface area contributed by atoms with Gasteiger partial charge in [0.15, 0.2) is 11.6 Å². The average Bonchev–Trinajstić information content (AvgIpc) is 3.45. The lowest BCUT2D eigenvalue weighted by molar-refractivity contribution is -0.137. The number of carbonyl (C=O) groups is 3. The lowest BCUT2D eigenvalue weighted by atomic mass is 10.1. The van der Waals surface area contributed by atoms with Gasteiger partial charge in [0.25, 0.3) is 0 Å². The van der Waals surface area contributed by atoms with E-state index in [0.29, 0.717) is 63.5 Å². The number of ether oxygens (including phenoxy) is 2. The van der Waals surface area contributed by atoms with Crippen molar-refractivity contribution in [1.29, 1.82) is 0 Å². The van der Waals surface area contributed by atoms with Gasteiger partial charge in [-0.2, -0.15) is 13.2 Å². The van der Waals surface area contributed by atoms with Gasteiger partial charge in [0.2, 0.25) is 11.8 Å². The molecule has 5 rings (SSSR count). The number of halogens is 3. The van der Waals surface area contributed by atoms with Crippen LogP contribution < -0.4 is 15.5 Å². The van der Waals surface area contributed by atoms with E-state index in [1.807, 2.05) is 11.0 Å². The van der Waals surface area contributed by atoms with Crippen molar-refractivity contribution >= 4 is 35.1 Å². The summed E-state index contributed by atoms with van der Waals surface area (Å²) < 4.78 is 54.2. The van der Waals surface area contributed by atoms with Gasteiger partial charge in [-0.25, -0.2) is 19.3 Å². The second kappa shape index (κ2) is 14.1. The summed E-state index contributed by atoms with van der Waals surface area (Å²) in [5.74, 6) is -0.632. The number of hydrogen-bond donors (Lipinski definition) is 2. The van der Waals surface area contributed by atoms with Crippen LogP contribution in [-0.4, -0.2) is 107 Å². The molecule has 17 heteroatoms. The molecule has 46 heavy (non-hydrogen) atoms. The summed E-state index contributed by atoms with van der Waals surface area (Å²) in [4.78, 5) is 50.3. The number of fused-ring (bicyclic) bond motifs is 1. The molecule has 5 heterocycles. The molecule has 2 aliphatic heterocycles. The van der Waals surface area contributed by atoms with Gasteiger partial charge in [-0.15, -0.1) is 5.10 Å². The molecule has 0 bridgehead atoms. The Hall–Kier alpha value is -4.77. The summed E-state index contributed by atoms with van der Waals surface area (Å²) in [6.45, 7) is 5.50. The maximum absolute atomic E-state index is 14.3. The van der Waals surface area contributed by atoms with Gasteiger partial charge in [-0.3, -0.25) is 19.8 Å². The molecule has 246 valence electrons. The second-order valence-corrected chi connectivity index (χ2v) is 10.7. The van der Waals surface area contributed by atoms with E-state index in [-0.39, 0.29) is 35.6 Å². The third kappa shape index (κ3) is 7.71. The van der Waals surface area contributed by atoms with E-state index in [2.05, 4.69) is 35.3 Å². The number of rotatable bonds is 8. The van der Waals surface area contributed by atoms with E-state index in [1.54, 1.807) is 24.1 Å². The van der Waals surface area contributed by atoms with Crippen molar-refractivity contribution in [2.24, 2.45) is 0 Å². The molecule has 0 spiro atoms. The molecule has 2 N–H and O–H groups in total. The van der Waals surface area contributed by atoms with E-state index in [4.69, 9.17) is 4.74 Å². The van der Waals surface area contributed by atoms with E-state index < -0.39 is 17.8 Å². The smallest absolute Gasteiger partial charge is 0.417 e. The number of hydrogen-bond acceptors (Lipinski definition) is 10. The SMILES string of the molecule is C/C=C/C(=O)NCC(=O)N1CCCN(Cc2cc3c(N4CCOCC4)nc(-c4cnc(NC(=O)OC)cc4C(F)(F)F)nn3c2)C1. The van der Waals surface area contributed by atoms with Crippen LogP contribution in [0.4, 0.5) is 29.6 Å². The van der Waals surface area contributed by atoms with Crippen molar-refractivity contribution < 1.29 is 37.0 Å². The third-order valence-corrected chi connectivity index (χ3v) is 7.44. The summed E-state index contributed by atoms with van der Waals surface area (Å²) in [6.07, 6.45) is 0.619. The lowest BCUT2D eigenvalue weighted by Crippen LogP contribution is -2.49.